The van der Waals surface area contributed by atoms with Gasteiger partial charge in [0.05, 0.1) is 16.2 Å². The number of hydrogen-bond acceptors (Lipinski definition) is 7. The molecule has 0 spiro atoms. The van der Waals surface area contributed by atoms with Crippen LogP contribution in [0.2, 0.25) is 5.02 Å². The van der Waals surface area contributed by atoms with Crippen molar-refractivity contribution >= 4 is 45.5 Å². The van der Waals surface area contributed by atoms with Gasteiger partial charge in [-0.3, -0.25) is 14.9 Å². The van der Waals surface area contributed by atoms with Gasteiger partial charge < -0.3 is 10.1 Å². The average Bonchev–Trinajstić information content (AvgIpc) is 3.03. The molecule has 1 N–H and O–H groups in total. The summed E-state index contributed by atoms with van der Waals surface area (Å²) in [6.07, 6.45) is 0. The van der Waals surface area contributed by atoms with E-state index in [1.54, 1.807) is 0 Å². The van der Waals surface area contributed by atoms with Gasteiger partial charge in [0, 0.05) is 11.1 Å². The van der Waals surface area contributed by atoms with Gasteiger partial charge in [0.15, 0.2) is 6.61 Å². The second-order valence-corrected chi connectivity index (χ2v) is 5.82. The Balaban J connectivity index is 1.96. The molecule has 0 radical (unpaired) electrons. The van der Waals surface area contributed by atoms with Crippen LogP contribution < -0.4 is 5.32 Å². The Hall–Kier alpha value is -2.96. The van der Waals surface area contributed by atoms with E-state index in [9.17, 15) is 19.7 Å². The van der Waals surface area contributed by atoms with Crippen LogP contribution in [0.15, 0.2) is 30.3 Å². The number of carbonyl (C=O) groups is 2. The Kier molecular flexibility index (Phi) is 5.47. The summed E-state index contributed by atoms with van der Waals surface area (Å²) in [5.41, 5.74) is 0.394. The first-order valence-corrected chi connectivity index (χ1v) is 7.51. The van der Waals surface area contributed by atoms with Gasteiger partial charge in [0.1, 0.15) is 10.9 Å². The highest BCUT2D eigenvalue weighted by Gasteiger charge is 2.17. The van der Waals surface area contributed by atoms with E-state index in [1.165, 1.54) is 30.3 Å². The first-order chi connectivity index (χ1) is 11.4. The van der Waals surface area contributed by atoms with Crippen LogP contribution in [-0.2, 0) is 9.53 Å². The fraction of sp³-hybridized carbons (Fsp3) is 0.0714. The summed E-state index contributed by atoms with van der Waals surface area (Å²) >= 11 is 6.44. The van der Waals surface area contributed by atoms with Gasteiger partial charge >= 0.3 is 11.0 Å². The highest BCUT2D eigenvalue weighted by atomic mass is 35.5. The predicted octanol–water partition coefficient (Wildman–Crippen LogP) is 2.98. The molecule has 0 bridgehead atoms. The lowest BCUT2D eigenvalue weighted by Crippen LogP contribution is -2.21. The second kappa shape index (κ2) is 7.54. The van der Waals surface area contributed by atoms with Crippen molar-refractivity contribution in [2.45, 2.75) is 0 Å². The molecule has 0 saturated carbocycles. The van der Waals surface area contributed by atoms with Crippen molar-refractivity contribution in [1.29, 1.82) is 5.26 Å². The van der Waals surface area contributed by atoms with E-state index in [4.69, 9.17) is 21.6 Å². The van der Waals surface area contributed by atoms with E-state index in [2.05, 4.69) is 5.32 Å². The van der Waals surface area contributed by atoms with Gasteiger partial charge in [-0.2, -0.15) is 5.26 Å². The molecule has 2 rings (SSSR count). The third-order valence-electron chi connectivity index (χ3n) is 2.68. The van der Waals surface area contributed by atoms with Crippen molar-refractivity contribution in [3.63, 3.8) is 0 Å². The number of carbonyl (C=O) groups excluding carboxylic acids is 2. The first kappa shape index (κ1) is 17.4. The van der Waals surface area contributed by atoms with E-state index in [-0.39, 0.29) is 21.1 Å². The Morgan fingerprint density at radius 3 is 2.75 bits per heavy atom. The second-order valence-electron chi connectivity index (χ2n) is 4.32. The molecule has 8 nitrogen and oxygen atoms in total. The molecule has 0 aliphatic heterocycles. The number of thiophene rings is 1. The molecular weight excluding hydrogens is 358 g/mol. The Bertz CT molecular complexity index is 858. The van der Waals surface area contributed by atoms with E-state index < -0.39 is 23.4 Å². The number of halogens is 1. The van der Waals surface area contributed by atoms with E-state index in [1.807, 2.05) is 6.07 Å². The highest BCUT2D eigenvalue weighted by Crippen LogP contribution is 2.24. The molecule has 10 heteroatoms. The smallest absolute Gasteiger partial charge is 0.349 e. The summed E-state index contributed by atoms with van der Waals surface area (Å²) in [5, 5.41) is 22.0. The minimum absolute atomic E-state index is 0.00923. The van der Waals surface area contributed by atoms with Crippen molar-refractivity contribution < 1.29 is 19.2 Å². The number of nitrogens with one attached hydrogen (secondary N) is 1. The number of amides is 1. The van der Waals surface area contributed by atoms with Gasteiger partial charge in [-0.05, 0) is 24.3 Å². The summed E-state index contributed by atoms with van der Waals surface area (Å²) in [6, 6.07) is 8.64. The maximum Gasteiger partial charge on any atom is 0.349 e. The maximum atomic E-state index is 11.8. The van der Waals surface area contributed by atoms with Gasteiger partial charge in [0.25, 0.3) is 5.91 Å². The molecule has 1 aromatic carbocycles. The third kappa shape index (κ3) is 4.28. The largest absolute Gasteiger partial charge is 0.451 e. The Labute approximate surface area is 144 Å². The number of esters is 1. The first-order valence-electron chi connectivity index (χ1n) is 6.31. The molecule has 0 aliphatic carbocycles. The minimum atomic E-state index is -0.852. The van der Waals surface area contributed by atoms with Crippen molar-refractivity contribution in [2.75, 3.05) is 11.9 Å². The molecule has 0 saturated heterocycles. The number of hydrogen-bond donors (Lipinski definition) is 1. The van der Waals surface area contributed by atoms with Crippen LogP contribution in [0.4, 0.5) is 10.7 Å². The summed E-state index contributed by atoms with van der Waals surface area (Å²) in [4.78, 5) is 33.5. The van der Waals surface area contributed by atoms with Gasteiger partial charge in [-0.25, -0.2) is 4.79 Å². The third-order valence-corrected chi connectivity index (χ3v) is 3.94. The summed E-state index contributed by atoms with van der Waals surface area (Å²) in [7, 11) is 0. The topological polar surface area (TPSA) is 122 Å². The molecule has 122 valence electrons. The van der Waals surface area contributed by atoms with E-state index >= 15 is 0 Å². The van der Waals surface area contributed by atoms with Gasteiger partial charge in [0.2, 0.25) is 0 Å². The van der Waals surface area contributed by atoms with Gasteiger partial charge in [-0.1, -0.05) is 22.9 Å². The van der Waals surface area contributed by atoms with Crippen LogP contribution in [0.25, 0.3) is 0 Å². The number of nitriles is 1. The van der Waals surface area contributed by atoms with Gasteiger partial charge in [-0.15, -0.1) is 0 Å². The monoisotopic (exact) mass is 365 g/mol. The van der Waals surface area contributed by atoms with Crippen molar-refractivity contribution in [3.05, 3.63) is 55.9 Å². The van der Waals surface area contributed by atoms with Crippen LogP contribution in [0.5, 0.6) is 0 Å². The molecule has 24 heavy (non-hydrogen) atoms. The fourth-order valence-corrected chi connectivity index (χ4v) is 2.53. The number of nitrogens with zero attached hydrogens (tertiary/aromatic N) is 2. The zero-order chi connectivity index (χ0) is 17.7. The fourth-order valence-electron chi connectivity index (χ4n) is 1.64. The summed E-state index contributed by atoms with van der Waals surface area (Å²) in [6.45, 7) is -0.609. The number of nitro groups is 1. The van der Waals surface area contributed by atoms with Crippen LogP contribution in [-0.4, -0.2) is 23.4 Å². The maximum absolute atomic E-state index is 11.8. The Morgan fingerprint density at radius 2 is 2.12 bits per heavy atom. The quantitative estimate of drug-likeness (QED) is 0.493. The average molecular weight is 366 g/mol. The summed E-state index contributed by atoms with van der Waals surface area (Å²) < 4.78 is 4.78. The minimum Gasteiger partial charge on any atom is -0.451 e. The van der Waals surface area contributed by atoms with E-state index in [0.29, 0.717) is 16.4 Å². The molecule has 1 aromatic heterocycles. The predicted molar refractivity (Wildman–Crippen MR) is 86.1 cm³/mol. The molecule has 0 aliphatic rings. The molecular formula is C14H8ClN3O5S. The summed E-state index contributed by atoms with van der Waals surface area (Å²) in [5.74, 6) is -1.52. The van der Waals surface area contributed by atoms with Crippen LogP contribution >= 0.6 is 22.9 Å². The zero-order valence-electron chi connectivity index (χ0n) is 11.8. The highest BCUT2D eigenvalue weighted by molar-refractivity contribution is 7.17. The van der Waals surface area contributed by atoms with Crippen molar-refractivity contribution in [2.24, 2.45) is 0 Å². The van der Waals surface area contributed by atoms with Crippen LogP contribution in [0.1, 0.15) is 15.2 Å². The van der Waals surface area contributed by atoms with E-state index in [0.717, 1.165) is 0 Å². The zero-order valence-corrected chi connectivity index (χ0v) is 13.4. The SMILES string of the molecule is N#Cc1ccc(Cl)cc1NC(=O)COC(=O)c1ccc([N+](=O)[O-])s1. The lowest BCUT2D eigenvalue weighted by atomic mass is 10.2. The molecule has 0 unspecified atom stereocenters. The van der Waals surface area contributed by atoms with Crippen LogP contribution in [0, 0.1) is 21.4 Å². The molecule has 2 aromatic rings. The van der Waals surface area contributed by atoms with Crippen molar-refractivity contribution in [1.82, 2.24) is 0 Å². The molecule has 1 amide bonds. The molecule has 1 heterocycles. The lowest BCUT2D eigenvalue weighted by molar-refractivity contribution is -0.380. The number of anilines is 1. The molecule has 0 fully saturated rings. The number of benzene rings is 1. The standard InChI is InChI=1S/C14H8ClN3O5S/c15-9-2-1-8(6-16)10(5-9)17-12(19)7-23-14(20)11-3-4-13(24-11)18(21)22/h1-5H,7H2,(H,17,19). The molecule has 0 atom stereocenters. The number of ether oxygens (including phenoxy) is 1. The normalized spacial score (nSPS) is 9.83. The lowest BCUT2D eigenvalue weighted by Gasteiger charge is -2.07. The Morgan fingerprint density at radius 1 is 1.38 bits per heavy atom. The van der Waals surface area contributed by atoms with Crippen molar-refractivity contribution in [3.8, 4) is 6.07 Å². The van der Waals surface area contributed by atoms with Crippen LogP contribution in [0.3, 0.4) is 0 Å². The number of rotatable bonds is 5.